The number of rotatable bonds is 10. The Hall–Kier alpha value is -3.16. The summed E-state index contributed by atoms with van der Waals surface area (Å²) < 4.78 is 31.1. The minimum Gasteiger partial charge on any atom is -0.481 e. The van der Waals surface area contributed by atoms with Crippen LogP contribution >= 0.6 is 0 Å². The van der Waals surface area contributed by atoms with Crippen LogP contribution < -0.4 is 10.1 Å². The van der Waals surface area contributed by atoms with Crippen LogP contribution in [-0.4, -0.2) is 32.6 Å². The van der Waals surface area contributed by atoms with Gasteiger partial charge in [0.2, 0.25) is 9.84 Å². The molecule has 3 rings (SSSR count). The van der Waals surface area contributed by atoms with Crippen LogP contribution in [0.4, 0.5) is 0 Å². The number of carbonyl (C=O) groups is 1. The molecule has 0 atom stereocenters. The van der Waals surface area contributed by atoms with Crippen molar-refractivity contribution >= 4 is 15.8 Å². The van der Waals surface area contributed by atoms with Gasteiger partial charge in [0.15, 0.2) is 6.61 Å². The van der Waals surface area contributed by atoms with Crippen molar-refractivity contribution in [3.63, 3.8) is 0 Å². The lowest BCUT2D eigenvalue weighted by atomic mass is 10.1. The third-order valence-corrected chi connectivity index (χ3v) is 6.29. The minimum absolute atomic E-state index is 0.0223. The number of benzene rings is 3. The standard InChI is InChI=1S/C23H23NO5S/c25-23(26)17-29-21-8-4-5-9-22(21)30(27,28)20-12-10-18(11-13-20)14-15-24-16-19-6-2-1-3-7-19/h1-13,24H,14-17H2,(H,25,26). The highest BCUT2D eigenvalue weighted by Gasteiger charge is 2.22. The molecule has 0 fully saturated rings. The summed E-state index contributed by atoms with van der Waals surface area (Å²) in [6, 6.07) is 22.8. The van der Waals surface area contributed by atoms with Crippen molar-refractivity contribution in [2.24, 2.45) is 0 Å². The average Bonchev–Trinajstić information content (AvgIpc) is 2.76. The van der Waals surface area contributed by atoms with E-state index in [4.69, 9.17) is 9.84 Å². The lowest BCUT2D eigenvalue weighted by molar-refractivity contribution is -0.139. The molecule has 0 heterocycles. The molecular formula is C23H23NO5S. The van der Waals surface area contributed by atoms with Crippen LogP contribution in [0.2, 0.25) is 0 Å². The van der Waals surface area contributed by atoms with Gasteiger partial charge in [-0.25, -0.2) is 13.2 Å². The van der Waals surface area contributed by atoms with E-state index in [9.17, 15) is 13.2 Å². The number of hydrogen-bond donors (Lipinski definition) is 2. The molecule has 3 aromatic rings. The van der Waals surface area contributed by atoms with Gasteiger partial charge in [-0.2, -0.15) is 0 Å². The summed E-state index contributed by atoms with van der Waals surface area (Å²) in [6.45, 7) is 0.939. The normalized spacial score (nSPS) is 11.2. The molecule has 0 bridgehead atoms. The minimum atomic E-state index is -3.83. The lowest BCUT2D eigenvalue weighted by Crippen LogP contribution is -2.16. The van der Waals surface area contributed by atoms with Gasteiger partial charge >= 0.3 is 5.97 Å². The third-order valence-electron chi connectivity index (χ3n) is 4.49. The second-order valence-electron chi connectivity index (χ2n) is 6.69. The molecule has 0 saturated carbocycles. The van der Waals surface area contributed by atoms with Crippen molar-refractivity contribution in [1.29, 1.82) is 0 Å². The highest BCUT2D eigenvalue weighted by atomic mass is 32.2. The maximum Gasteiger partial charge on any atom is 0.341 e. The summed E-state index contributed by atoms with van der Waals surface area (Å²) in [6.07, 6.45) is 0.769. The van der Waals surface area contributed by atoms with Gasteiger partial charge in [0.05, 0.1) is 4.90 Å². The number of carboxylic acids is 1. The predicted molar refractivity (Wildman–Crippen MR) is 113 cm³/mol. The van der Waals surface area contributed by atoms with Gasteiger partial charge in [-0.3, -0.25) is 0 Å². The van der Waals surface area contributed by atoms with Gasteiger partial charge in [0, 0.05) is 6.54 Å². The first kappa shape index (κ1) is 21.5. The number of carboxylic acid groups (broad SMARTS) is 1. The van der Waals surface area contributed by atoms with Crippen LogP contribution in [0.3, 0.4) is 0 Å². The first-order chi connectivity index (χ1) is 14.5. The maximum absolute atomic E-state index is 13.0. The molecule has 2 N–H and O–H groups in total. The zero-order valence-corrected chi connectivity index (χ0v) is 17.1. The molecule has 0 aliphatic rings. The van der Waals surface area contributed by atoms with E-state index in [1.165, 1.54) is 17.7 Å². The molecule has 0 aromatic heterocycles. The highest BCUT2D eigenvalue weighted by Crippen LogP contribution is 2.29. The summed E-state index contributed by atoms with van der Waals surface area (Å²) in [5, 5.41) is 12.2. The van der Waals surface area contributed by atoms with E-state index in [1.807, 2.05) is 18.2 Å². The van der Waals surface area contributed by atoms with E-state index in [0.29, 0.717) is 0 Å². The molecular weight excluding hydrogens is 402 g/mol. The van der Waals surface area contributed by atoms with Gasteiger partial charge in [-0.1, -0.05) is 54.6 Å². The first-order valence-electron chi connectivity index (χ1n) is 9.49. The monoisotopic (exact) mass is 425 g/mol. The Bertz CT molecular complexity index is 1080. The zero-order valence-electron chi connectivity index (χ0n) is 16.3. The van der Waals surface area contributed by atoms with Gasteiger partial charge in [0.25, 0.3) is 0 Å². The van der Waals surface area contributed by atoms with Crippen LogP contribution in [-0.2, 0) is 27.6 Å². The molecule has 0 radical (unpaired) electrons. The summed E-state index contributed by atoms with van der Waals surface area (Å²) in [5.41, 5.74) is 2.23. The molecule has 7 heteroatoms. The number of para-hydroxylation sites is 1. The molecule has 6 nitrogen and oxygen atoms in total. The Morgan fingerprint density at radius 2 is 1.53 bits per heavy atom. The highest BCUT2D eigenvalue weighted by molar-refractivity contribution is 7.91. The smallest absolute Gasteiger partial charge is 0.341 e. The molecule has 30 heavy (non-hydrogen) atoms. The topological polar surface area (TPSA) is 92.7 Å². The van der Waals surface area contributed by atoms with Crippen molar-refractivity contribution < 1.29 is 23.1 Å². The second-order valence-corrected chi connectivity index (χ2v) is 8.61. The largest absolute Gasteiger partial charge is 0.481 e. The molecule has 0 aliphatic heterocycles. The Morgan fingerprint density at radius 1 is 0.867 bits per heavy atom. The van der Waals surface area contributed by atoms with Crippen LogP contribution in [0.15, 0.2) is 88.7 Å². The molecule has 0 aliphatic carbocycles. The zero-order chi connectivity index (χ0) is 21.4. The second kappa shape index (κ2) is 10.0. The molecule has 0 saturated heterocycles. The Kier molecular flexibility index (Phi) is 7.21. The van der Waals surface area contributed by atoms with E-state index in [1.54, 1.807) is 36.4 Å². The molecule has 0 unspecified atom stereocenters. The molecule has 0 spiro atoms. The maximum atomic E-state index is 13.0. The van der Waals surface area contributed by atoms with E-state index in [0.717, 1.165) is 25.1 Å². The Labute approximate surface area is 176 Å². The third kappa shape index (κ3) is 5.68. The summed E-state index contributed by atoms with van der Waals surface area (Å²) in [5.74, 6) is -1.15. The van der Waals surface area contributed by atoms with Gasteiger partial charge in [0.1, 0.15) is 10.6 Å². The predicted octanol–water partition coefficient (Wildman–Crippen LogP) is 3.32. The van der Waals surface area contributed by atoms with Crippen LogP contribution in [0.25, 0.3) is 0 Å². The van der Waals surface area contributed by atoms with E-state index >= 15 is 0 Å². The van der Waals surface area contributed by atoms with E-state index in [2.05, 4.69) is 17.4 Å². The molecule has 3 aromatic carbocycles. The van der Waals surface area contributed by atoms with Crippen LogP contribution in [0.1, 0.15) is 11.1 Å². The quantitative estimate of drug-likeness (QED) is 0.484. The van der Waals surface area contributed by atoms with Gasteiger partial charge < -0.3 is 15.2 Å². The number of ether oxygens (including phenoxy) is 1. The van der Waals surface area contributed by atoms with Crippen molar-refractivity contribution in [1.82, 2.24) is 5.32 Å². The summed E-state index contributed by atoms with van der Waals surface area (Å²) >= 11 is 0. The fourth-order valence-electron chi connectivity index (χ4n) is 2.95. The summed E-state index contributed by atoms with van der Waals surface area (Å²) in [7, 11) is -3.83. The number of nitrogens with one attached hydrogen (secondary N) is 1. The lowest BCUT2D eigenvalue weighted by Gasteiger charge is -2.11. The SMILES string of the molecule is O=C(O)COc1ccccc1S(=O)(=O)c1ccc(CCNCc2ccccc2)cc1. The summed E-state index contributed by atoms with van der Waals surface area (Å²) in [4.78, 5) is 10.8. The van der Waals surface area contributed by atoms with Crippen molar-refractivity contribution in [3.05, 3.63) is 90.0 Å². The fraction of sp³-hybridized carbons (Fsp3) is 0.174. The van der Waals surface area contributed by atoms with Crippen molar-refractivity contribution in [2.75, 3.05) is 13.2 Å². The van der Waals surface area contributed by atoms with Gasteiger partial charge in [-0.15, -0.1) is 0 Å². The van der Waals surface area contributed by atoms with Crippen LogP contribution in [0, 0.1) is 0 Å². The Balaban J connectivity index is 1.64. The fourth-order valence-corrected chi connectivity index (χ4v) is 4.35. The van der Waals surface area contributed by atoms with Crippen molar-refractivity contribution in [3.8, 4) is 5.75 Å². The van der Waals surface area contributed by atoms with Gasteiger partial charge in [-0.05, 0) is 48.4 Å². The number of aliphatic carboxylic acids is 1. The average molecular weight is 426 g/mol. The van der Waals surface area contributed by atoms with Crippen LogP contribution in [0.5, 0.6) is 5.75 Å². The van der Waals surface area contributed by atoms with E-state index < -0.39 is 22.4 Å². The Morgan fingerprint density at radius 3 is 2.23 bits per heavy atom. The van der Waals surface area contributed by atoms with Crippen molar-refractivity contribution in [2.45, 2.75) is 22.8 Å². The van der Waals surface area contributed by atoms with E-state index in [-0.39, 0.29) is 15.5 Å². The first-order valence-corrected chi connectivity index (χ1v) is 11.0. The molecule has 0 amide bonds. The number of sulfone groups is 1. The number of hydrogen-bond acceptors (Lipinski definition) is 5. The molecule has 156 valence electrons.